The first-order valence-corrected chi connectivity index (χ1v) is 11.6. The number of carbonyl (C=O) groups is 1. The number of hydrogen-bond acceptors (Lipinski definition) is 4. The van der Waals surface area contributed by atoms with Gasteiger partial charge in [0, 0.05) is 29.9 Å². The van der Waals surface area contributed by atoms with Crippen molar-refractivity contribution in [1.29, 1.82) is 0 Å². The number of aryl methyl sites for hydroxylation is 2. The fourth-order valence-electron chi connectivity index (χ4n) is 3.82. The fourth-order valence-corrected chi connectivity index (χ4v) is 5.34. The number of anilines is 1. The summed E-state index contributed by atoms with van der Waals surface area (Å²) in [5, 5.41) is 3.67. The van der Waals surface area contributed by atoms with E-state index in [1.165, 1.54) is 4.31 Å². The Hall–Kier alpha value is -2.77. The van der Waals surface area contributed by atoms with Gasteiger partial charge in [-0.15, -0.1) is 0 Å². The van der Waals surface area contributed by atoms with Crippen LogP contribution in [0.3, 0.4) is 0 Å². The molecule has 6 nitrogen and oxygen atoms in total. The number of nitrogens with zero attached hydrogens (tertiary/aromatic N) is 2. The van der Waals surface area contributed by atoms with Crippen molar-refractivity contribution in [1.82, 2.24) is 9.29 Å². The van der Waals surface area contributed by atoms with E-state index in [2.05, 4.69) is 10.3 Å². The van der Waals surface area contributed by atoms with Crippen LogP contribution in [0.1, 0.15) is 40.9 Å². The Morgan fingerprint density at radius 2 is 1.67 bits per heavy atom. The summed E-state index contributed by atoms with van der Waals surface area (Å²) in [5.41, 5.74) is 3.68. The monoisotopic (exact) mass is 423 g/mol. The van der Waals surface area contributed by atoms with Crippen molar-refractivity contribution >= 4 is 32.5 Å². The third kappa shape index (κ3) is 4.08. The van der Waals surface area contributed by atoms with E-state index in [9.17, 15) is 13.2 Å². The van der Waals surface area contributed by atoms with Gasteiger partial charge in [-0.05, 0) is 69.2 Å². The Kier molecular flexibility index (Phi) is 5.58. The van der Waals surface area contributed by atoms with Crippen LogP contribution in [0.5, 0.6) is 0 Å². The molecule has 0 atom stereocenters. The van der Waals surface area contributed by atoms with E-state index in [-0.39, 0.29) is 10.8 Å². The van der Waals surface area contributed by atoms with Crippen LogP contribution in [0.15, 0.2) is 53.4 Å². The number of amides is 1. The van der Waals surface area contributed by atoms with Crippen molar-refractivity contribution in [2.75, 3.05) is 18.4 Å². The molecule has 1 amide bonds. The number of aromatic nitrogens is 1. The molecule has 0 bridgehead atoms. The molecule has 2 aromatic carbocycles. The SMILES string of the molecule is Cc1ccc2nc(C)cc(C(=O)Nc3ccc(S(=O)(=O)N4CCCCC4)cc3)c2c1. The van der Waals surface area contributed by atoms with Gasteiger partial charge in [-0.1, -0.05) is 18.1 Å². The van der Waals surface area contributed by atoms with Gasteiger partial charge in [-0.3, -0.25) is 9.78 Å². The number of rotatable bonds is 4. The molecule has 4 rings (SSSR count). The number of nitrogens with one attached hydrogen (secondary N) is 1. The Labute approximate surface area is 177 Å². The largest absolute Gasteiger partial charge is 0.322 e. The summed E-state index contributed by atoms with van der Waals surface area (Å²) in [6.45, 7) is 4.96. The molecule has 7 heteroatoms. The number of pyridine rings is 1. The first-order chi connectivity index (χ1) is 14.3. The van der Waals surface area contributed by atoms with Gasteiger partial charge in [0.2, 0.25) is 10.0 Å². The van der Waals surface area contributed by atoms with Gasteiger partial charge in [0.1, 0.15) is 0 Å². The van der Waals surface area contributed by atoms with E-state index in [4.69, 9.17) is 0 Å². The van der Waals surface area contributed by atoms with Gasteiger partial charge in [-0.2, -0.15) is 4.31 Å². The molecule has 0 unspecified atom stereocenters. The van der Waals surface area contributed by atoms with Crippen molar-refractivity contribution in [3.63, 3.8) is 0 Å². The van der Waals surface area contributed by atoms with Crippen LogP contribution in [0.4, 0.5) is 5.69 Å². The second kappa shape index (κ2) is 8.16. The molecule has 1 aromatic heterocycles. The zero-order chi connectivity index (χ0) is 21.3. The Morgan fingerprint density at radius 3 is 2.37 bits per heavy atom. The number of piperidine rings is 1. The topological polar surface area (TPSA) is 79.4 Å². The Bertz CT molecular complexity index is 1200. The summed E-state index contributed by atoms with van der Waals surface area (Å²) in [6.07, 6.45) is 2.86. The standard InChI is InChI=1S/C23H25N3O3S/c1-16-6-11-22-20(14-16)21(15-17(2)24-22)23(27)25-18-7-9-19(10-8-18)30(28,29)26-12-4-3-5-13-26/h6-11,14-15H,3-5,12-13H2,1-2H3,(H,25,27). The molecule has 2 heterocycles. The number of benzene rings is 2. The average molecular weight is 424 g/mol. The van der Waals surface area contributed by atoms with E-state index < -0.39 is 10.0 Å². The van der Waals surface area contributed by atoms with Gasteiger partial charge in [0.25, 0.3) is 5.91 Å². The smallest absolute Gasteiger partial charge is 0.256 e. The summed E-state index contributed by atoms with van der Waals surface area (Å²) in [7, 11) is -3.49. The van der Waals surface area contributed by atoms with Gasteiger partial charge < -0.3 is 5.32 Å². The first kappa shape index (κ1) is 20.5. The summed E-state index contributed by atoms with van der Waals surface area (Å²) >= 11 is 0. The van der Waals surface area contributed by atoms with E-state index in [1.807, 2.05) is 32.0 Å². The molecule has 1 aliphatic rings. The molecule has 1 saturated heterocycles. The van der Waals surface area contributed by atoms with Crippen LogP contribution < -0.4 is 5.32 Å². The minimum atomic E-state index is -3.49. The van der Waals surface area contributed by atoms with Crippen LogP contribution in [0.25, 0.3) is 10.9 Å². The van der Waals surface area contributed by atoms with Crippen LogP contribution in [-0.2, 0) is 10.0 Å². The minimum Gasteiger partial charge on any atom is -0.322 e. The van der Waals surface area contributed by atoms with E-state index >= 15 is 0 Å². The molecule has 156 valence electrons. The Balaban J connectivity index is 1.57. The zero-order valence-electron chi connectivity index (χ0n) is 17.2. The summed E-state index contributed by atoms with van der Waals surface area (Å²) in [4.78, 5) is 17.7. The number of hydrogen-bond donors (Lipinski definition) is 1. The molecule has 30 heavy (non-hydrogen) atoms. The second-order valence-corrected chi connectivity index (χ2v) is 9.71. The summed E-state index contributed by atoms with van der Waals surface area (Å²) in [5.74, 6) is -0.247. The van der Waals surface area contributed by atoms with Gasteiger partial charge in [0.15, 0.2) is 0 Å². The van der Waals surface area contributed by atoms with Crippen LogP contribution in [-0.4, -0.2) is 36.7 Å². The molecule has 0 radical (unpaired) electrons. The lowest BCUT2D eigenvalue weighted by Gasteiger charge is -2.25. The molecule has 1 aliphatic heterocycles. The highest BCUT2D eigenvalue weighted by atomic mass is 32.2. The average Bonchev–Trinajstić information content (AvgIpc) is 2.74. The molecule has 0 aliphatic carbocycles. The molecule has 3 aromatic rings. The van der Waals surface area contributed by atoms with Gasteiger partial charge in [0.05, 0.1) is 16.0 Å². The maximum absolute atomic E-state index is 13.0. The fraction of sp³-hybridized carbons (Fsp3) is 0.304. The highest BCUT2D eigenvalue weighted by molar-refractivity contribution is 7.89. The molecule has 1 fully saturated rings. The summed E-state index contributed by atoms with van der Waals surface area (Å²) in [6, 6.07) is 14.0. The van der Waals surface area contributed by atoms with E-state index in [0.717, 1.165) is 41.4 Å². The number of carbonyl (C=O) groups excluding carboxylic acids is 1. The highest BCUT2D eigenvalue weighted by Gasteiger charge is 2.25. The molecule has 0 saturated carbocycles. The van der Waals surface area contributed by atoms with E-state index in [1.54, 1.807) is 30.3 Å². The maximum Gasteiger partial charge on any atom is 0.256 e. The maximum atomic E-state index is 13.0. The van der Waals surface area contributed by atoms with Crippen molar-refractivity contribution in [2.45, 2.75) is 38.0 Å². The first-order valence-electron chi connectivity index (χ1n) is 10.1. The molecular weight excluding hydrogens is 398 g/mol. The predicted octanol–water partition coefficient (Wildman–Crippen LogP) is 4.28. The molecule has 1 N–H and O–H groups in total. The number of sulfonamides is 1. The third-order valence-corrected chi connectivity index (χ3v) is 7.31. The van der Waals surface area contributed by atoms with Crippen molar-refractivity contribution in [3.8, 4) is 0 Å². The normalized spacial score (nSPS) is 15.3. The van der Waals surface area contributed by atoms with Crippen molar-refractivity contribution < 1.29 is 13.2 Å². The quantitative estimate of drug-likeness (QED) is 0.679. The Morgan fingerprint density at radius 1 is 0.967 bits per heavy atom. The predicted molar refractivity (Wildman–Crippen MR) is 118 cm³/mol. The van der Waals surface area contributed by atoms with E-state index in [0.29, 0.717) is 24.3 Å². The lowest BCUT2D eigenvalue weighted by molar-refractivity contribution is 0.102. The van der Waals surface area contributed by atoms with Crippen LogP contribution >= 0.6 is 0 Å². The minimum absolute atomic E-state index is 0.247. The lowest BCUT2D eigenvalue weighted by atomic mass is 10.0. The highest BCUT2D eigenvalue weighted by Crippen LogP contribution is 2.24. The second-order valence-electron chi connectivity index (χ2n) is 7.78. The molecule has 0 spiro atoms. The van der Waals surface area contributed by atoms with Crippen molar-refractivity contribution in [3.05, 3.63) is 65.4 Å². The van der Waals surface area contributed by atoms with Crippen LogP contribution in [0.2, 0.25) is 0 Å². The zero-order valence-corrected chi connectivity index (χ0v) is 18.0. The van der Waals surface area contributed by atoms with Crippen LogP contribution in [0, 0.1) is 13.8 Å². The van der Waals surface area contributed by atoms with Gasteiger partial charge >= 0.3 is 0 Å². The van der Waals surface area contributed by atoms with Gasteiger partial charge in [-0.25, -0.2) is 8.42 Å². The summed E-state index contributed by atoms with van der Waals surface area (Å²) < 4.78 is 27.1. The third-order valence-electron chi connectivity index (χ3n) is 5.40. The number of fused-ring (bicyclic) bond motifs is 1. The lowest BCUT2D eigenvalue weighted by Crippen LogP contribution is -2.35. The van der Waals surface area contributed by atoms with Crippen molar-refractivity contribution in [2.24, 2.45) is 0 Å². The molecular formula is C23H25N3O3S.